The van der Waals surface area contributed by atoms with Crippen molar-refractivity contribution in [3.8, 4) is 0 Å². The average Bonchev–Trinajstić information content (AvgIpc) is 2.92. The molecule has 226 valence electrons. The number of hydrogen-bond acceptors (Lipinski definition) is 12. The first kappa shape index (κ1) is 31.2. The molecule has 5 N–H and O–H groups in total. The fourth-order valence-electron chi connectivity index (χ4n) is 6.14. The zero-order valence-electron chi connectivity index (χ0n) is 23.0. The van der Waals surface area contributed by atoms with Crippen LogP contribution < -0.4 is 0 Å². The summed E-state index contributed by atoms with van der Waals surface area (Å²) in [4.78, 5) is 12.5. The minimum Gasteiger partial charge on any atom is -0.394 e. The van der Waals surface area contributed by atoms with Crippen molar-refractivity contribution in [2.24, 2.45) is 5.92 Å². The van der Waals surface area contributed by atoms with Gasteiger partial charge >= 0.3 is 0 Å². The minimum atomic E-state index is -1.45. The van der Waals surface area contributed by atoms with Crippen LogP contribution in [0.4, 0.5) is 0 Å². The Kier molecular flexibility index (Phi) is 11.1. The Labute approximate surface area is 229 Å². The van der Waals surface area contributed by atoms with Crippen LogP contribution in [0.15, 0.2) is 0 Å². The van der Waals surface area contributed by atoms with Gasteiger partial charge in [-0.25, -0.2) is 0 Å². The Morgan fingerprint density at radius 2 is 1.62 bits per heavy atom. The van der Waals surface area contributed by atoms with Crippen LogP contribution in [-0.2, 0) is 33.2 Å². The van der Waals surface area contributed by atoms with E-state index in [1.807, 2.05) is 6.92 Å². The van der Waals surface area contributed by atoms with E-state index in [1.165, 1.54) is 0 Å². The zero-order valence-corrected chi connectivity index (χ0v) is 23.0. The van der Waals surface area contributed by atoms with Gasteiger partial charge in [0.1, 0.15) is 48.8 Å². The van der Waals surface area contributed by atoms with Crippen LogP contribution in [0.2, 0.25) is 0 Å². The number of Topliss-reactive ketones (excluding diaryl/α,β-unsaturated/α-hetero) is 1. The zero-order chi connectivity index (χ0) is 28.3. The SMILES string of the molecule is CCC(=O)[C@H]1CCCOC2C(O1)[C@@H](O)C(CO)O[C@H]2O[C@@H]1CCC[C@@H](CC)C1O[C@@H]1OC(C)[C@@H](O)C(O)[C@@H]1O. The van der Waals surface area contributed by atoms with Crippen molar-refractivity contribution >= 4 is 5.78 Å². The highest BCUT2D eigenvalue weighted by Gasteiger charge is 2.52. The van der Waals surface area contributed by atoms with E-state index in [4.69, 9.17) is 28.4 Å². The molecule has 12 heteroatoms. The molecule has 1 aliphatic carbocycles. The van der Waals surface area contributed by atoms with Gasteiger partial charge in [-0.1, -0.05) is 26.7 Å². The molecule has 0 aromatic heterocycles. The summed E-state index contributed by atoms with van der Waals surface area (Å²) in [5.41, 5.74) is 0. The number of fused-ring (bicyclic) bond motifs is 1. The Hall–Kier alpha value is -0.770. The lowest BCUT2D eigenvalue weighted by Crippen LogP contribution is -2.64. The Morgan fingerprint density at radius 1 is 0.846 bits per heavy atom. The van der Waals surface area contributed by atoms with E-state index in [0.29, 0.717) is 32.3 Å². The molecule has 4 aliphatic rings. The topological polar surface area (TPSA) is 174 Å². The van der Waals surface area contributed by atoms with Gasteiger partial charge in [-0.05, 0) is 38.5 Å². The maximum Gasteiger partial charge on any atom is 0.187 e. The normalized spacial score (nSPS) is 47.6. The van der Waals surface area contributed by atoms with Crippen LogP contribution in [0.3, 0.4) is 0 Å². The van der Waals surface area contributed by atoms with E-state index in [2.05, 4.69) is 0 Å². The molecule has 39 heavy (non-hydrogen) atoms. The number of hydrogen-bond donors (Lipinski definition) is 5. The van der Waals surface area contributed by atoms with Crippen LogP contribution in [0, 0.1) is 5.92 Å². The lowest BCUT2D eigenvalue weighted by Gasteiger charge is -2.48. The smallest absolute Gasteiger partial charge is 0.187 e. The molecule has 0 radical (unpaired) electrons. The summed E-state index contributed by atoms with van der Waals surface area (Å²) in [7, 11) is 0. The second-order valence-electron chi connectivity index (χ2n) is 11.2. The monoisotopic (exact) mass is 562 g/mol. The predicted molar refractivity (Wildman–Crippen MR) is 134 cm³/mol. The van der Waals surface area contributed by atoms with Crippen LogP contribution >= 0.6 is 0 Å². The molecule has 12 nitrogen and oxygen atoms in total. The predicted octanol–water partition coefficient (Wildman–Crippen LogP) is -0.216. The van der Waals surface area contributed by atoms with Gasteiger partial charge in [-0.15, -0.1) is 0 Å². The van der Waals surface area contributed by atoms with Crippen LogP contribution in [0.1, 0.15) is 65.7 Å². The van der Waals surface area contributed by atoms with E-state index in [9.17, 15) is 30.3 Å². The highest BCUT2D eigenvalue weighted by atomic mass is 16.7. The summed E-state index contributed by atoms with van der Waals surface area (Å²) in [6.45, 7) is 5.23. The van der Waals surface area contributed by atoms with E-state index in [0.717, 1.165) is 19.3 Å². The van der Waals surface area contributed by atoms with Gasteiger partial charge in [0.2, 0.25) is 0 Å². The Balaban J connectivity index is 1.54. The summed E-state index contributed by atoms with van der Waals surface area (Å²) < 4.78 is 36.7. The number of ketones is 1. The molecule has 3 saturated heterocycles. The number of aliphatic hydroxyl groups excluding tert-OH is 5. The van der Waals surface area contributed by atoms with Gasteiger partial charge in [0.15, 0.2) is 18.4 Å². The second kappa shape index (κ2) is 13.9. The third kappa shape index (κ3) is 6.83. The number of carbonyl (C=O) groups excluding carboxylic acids is 1. The number of carbonyl (C=O) groups is 1. The minimum absolute atomic E-state index is 0.0542. The van der Waals surface area contributed by atoms with Crippen molar-refractivity contribution in [1.82, 2.24) is 0 Å². The van der Waals surface area contributed by atoms with E-state index in [-0.39, 0.29) is 11.7 Å². The maximum absolute atomic E-state index is 12.5. The van der Waals surface area contributed by atoms with Crippen LogP contribution in [-0.4, -0.2) is 124 Å². The molecule has 0 bridgehead atoms. The molecule has 3 aliphatic heterocycles. The fourth-order valence-corrected chi connectivity index (χ4v) is 6.14. The van der Waals surface area contributed by atoms with E-state index in [1.54, 1.807) is 13.8 Å². The van der Waals surface area contributed by atoms with Crippen LogP contribution in [0.25, 0.3) is 0 Å². The van der Waals surface area contributed by atoms with Crippen molar-refractivity contribution in [2.45, 2.75) is 145 Å². The largest absolute Gasteiger partial charge is 0.394 e. The summed E-state index contributed by atoms with van der Waals surface area (Å²) >= 11 is 0. The first-order valence-electron chi connectivity index (χ1n) is 14.4. The number of ether oxygens (including phenoxy) is 6. The maximum atomic E-state index is 12.5. The van der Waals surface area contributed by atoms with Crippen molar-refractivity contribution in [2.75, 3.05) is 13.2 Å². The van der Waals surface area contributed by atoms with Gasteiger partial charge in [0.05, 0.1) is 24.9 Å². The number of aliphatic hydroxyl groups is 5. The Bertz CT molecular complexity index is 784. The average molecular weight is 563 g/mol. The second-order valence-corrected chi connectivity index (χ2v) is 11.2. The summed E-state index contributed by atoms with van der Waals surface area (Å²) in [5.74, 6) is -0.00927. The van der Waals surface area contributed by atoms with Gasteiger partial charge in [0.25, 0.3) is 0 Å². The van der Waals surface area contributed by atoms with Crippen molar-refractivity contribution in [1.29, 1.82) is 0 Å². The van der Waals surface area contributed by atoms with Gasteiger partial charge in [0, 0.05) is 13.0 Å². The highest BCUT2D eigenvalue weighted by Crippen LogP contribution is 2.38. The van der Waals surface area contributed by atoms with E-state index >= 15 is 0 Å². The molecule has 0 spiro atoms. The van der Waals surface area contributed by atoms with Crippen LogP contribution in [0.5, 0.6) is 0 Å². The summed E-state index contributed by atoms with van der Waals surface area (Å²) in [6.07, 6.45) is -8.41. The van der Waals surface area contributed by atoms with Gasteiger partial charge in [-0.3, -0.25) is 4.79 Å². The fraction of sp³-hybridized carbons (Fsp3) is 0.963. The number of rotatable bonds is 8. The van der Waals surface area contributed by atoms with Crippen molar-refractivity contribution < 1.29 is 58.7 Å². The molecule has 0 aromatic carbocycles. The molecule has 0 aromatic rings. The standard InChI is InChI=1S/C27H46O12/c1-4-14-8-6-9-17(23(14)39-26-22(33)21(32)19(30)13(3)35-26)37-27-25-24(20(31)18(12-28)38-27)36-16(15(29)5-2)10-7-11-34-25/h13-14,16-28,30-33H,4-12H2,1-3H3/t13?,14-,16-,17-,18?,19-,20+,21?,22+,23?,24?,25?,26+,27-/m1/s1. The molecule has 3 heterocycles. The molecular weight excluding hydrogens is 516 g/mol. The van der Waals surface area contributed by atoms with Gasteiger partial charge in [-0.2, -0.15) is 0 Å². The lowest BCUT2D eigenvalue weighted by molar-refractivity contribution is -0.354. The van der Waals surface area contributed by atoms with E-state index < -0.39 is 86.3 Å². The molecule has 4 rings (SSSR count). The molecule has 14 atom stereocenters. The Morgan fingerprint density at radius 3 is 2.31 bits per heavy atom. The molecule has 4 fully saturated rings. The molecule has 6 unspecified atom stereocenters. The highest BCUT2D eigenvalue weighted by molar-refractivity contribution is 5.82. The third-order valence-electron chi connectivity index (χ3n) is 8.58. The van der Waals surface area contributed by atoms with Gasteiger partial charge < -0.3 is 54.0 Å². The molecule has 0 amide bonds. The molecular formula is C27H46O12. The lowest BCUT2D eigenvalue weighted by atomic mass is 9.82. The summed E-state index contributed by atoms with van der Waals surface area (Å²) in [6, 6.07) is 0. The first-order chi connectivity index (χ1) is 18.7. The third-order valence-corrected chi connectivity index (χ3v) is 8.58. The quantitative estimate of drug-likeness (QED) is 0.264. The first-order valence-corrected chi connectivity index (χ1v) is 14.4. The van der Waals surface area contributed by atoms with Crippen molar-refractivity contribution in [3.05, 3.63) is 0 Å². The molecule has 1 saturated carbocycles. The summed E-state index contributed by atoms with van der Waals surface area (Å²) in [5, 5.41) is 51.9. The van der Waals surface area contributed by atoms with Crippen molar-refractivity contribution in [3.63, 3.8) is 0 Å².